The highest BCUT2D eigenvalue weighted by atomic mass is 16.5. The summed E-state index contributed by atoms with van der Waals surface area (Å²) in [6.07, 6.45) is 2.31. The lowest BCUT2D eigenvalue weighted by atomic mass is 10.00. The van der Waals surface area contributed by atoms with Gasteiger partial charge in [0, 0.05) is 5.56 Å². The second kappa shape index (κ2) is 6.63. The van der Waals surface area contributed by atoms with Gasteiger partial charge in [-0.05, 0) is 32.4 Å². The van der Waals surface area contributed by atoms with Crippen LogP contribution in [0.2, 0.25) is 0 Å². The fourth-order valence-electron chi connectivity index (χ4n) is 3.03. The first-order chi connectivity index (χ1) is 12.4. The third-order valence-corrected chi connectivity index (χ3v) is 4.23. The number of benzene rings is 2. The van der Waals surface area contributed by atoms with Crippen LogP contribution < -0.4 is 14.9 Å². The van der Waals surface area contributed by atoms with E-state index >= 15 is 0 Å². The molecule has 0 saturated carbocycles. The van der Waals surface area contributed by atoms with Gasteiger partial charge in [0.2, 0.25) is 16.9 Å². The SMILES string of the molecule is COc1c(OC)c(CC=C(C)C)c2c(=O)c3c(O)cccc3oc2c1O. The van der Waals surface area contributed by atoms with Crippen LogP contribution in [-0.4, -0.2) is 24.4 Å². The highest BCUT2D eigenvalue weighted by Gasteiger charge is 2.25. The van der Waals surface area contributed by atoms with Crippen LogP contribution in [0.5, 0.6) is 23.0 Å². The van der Waals surface area contributed by atoms with Gasteiger partial charge < -0.3 is 24.1 Å². The Kier molecular flexibility index (Phi) is 4.50. The minimum absolute atomic E-state index is 0.00269. The maximum absolute atomic E-state index is 13.1. The van der Waals surface area contributed by atoms with Crippen LogP contribution in [0.1, 0.15) is 19.4 Å². The van der Waals surface area contributed by atoms with Gasteiger partial charge >= 0.3 is 0 Å². The summed E-state index contributed by atoms with van der Waals surface area (Å²) >= 11 is 0. The number of hydrogen-bond acceptors (Lipinski definition) is 6. The summed E-state index contributed by atoms with van der Waals surface area (Å²) in [6, 6.07) is 4.54. The van der Waals surface area contributed by atoms with E-state index in [4.69, 9.17) is 13.9 Å². The van der Waals surface area contributed by atoms with E-state index in [9.17, 15) is 15.0 Å². The van der Waals surface area contributed by atoms with Crippen molar-refractivity contribution in [3.8, 4) is 23.0 Å². The summed E-state index contributed by atoms with van der Waals surface area (Å²) in [4.78, 5) is 13.1. The van der Waals surface area contributed by atoms with Crippen LogP contribution in [0.15, 0.2) is 39.1 Å². The average Bonchev–Trinajstić information content (AvgIpc) is 2.60. The molecule has 0 bridgehead atoms. The molecular weight excluding hydrogens is 336 g/mol. The lowest BCUT2D eigenvalue weighted by Gasteiger charge is -2.16. The van der Waals surface area contributed by atoms with E-state index in [1.54, 1.807) is 12.1 Å². The van der Waals surface area contributed by atoms with Crippen LogP contribution in [0, 0.1) is 0 Å². The summed E-state index contributed by atoms with van der Waals surface area (Å²) in [5, 5.41) is 20.9. The third-order valence-electron chi connectivity index (χ3n) is 4.23. The van der Waals surface area contributed by atoms with E-state index in [-0.39, 0.29) is 44.9 Å². The number of methoxy groups -OCH3 is 2. The molecule has 0 radical (unpaired) electrons. The van der Waals surface area contributed by atoms with E-state index in [1.807, 2.05) is 19.9 Å². The van der Waals surface area contributed by atoms with E-state index in [0.717, 1.165) is 5.57 Å². The van der Waals surface area contributed by atoms with Gasteiger partial charge in [0.15, 0.2) is 11.3 Å². The van der Waals surface area contributed by atoms with E-state index in [1.165, 1.54) is 20.3 Å². The molecule has 26 heavy (non-hydrogen) atoms. The molecular formula is C20H20O6. The Morgan fingerprint density at radius 1 is 1.12 bits per heavy atom. The lowest BCUT2D eigenvalue weighted by Crippen LogP contribution is -2.08. The van der Waals surface area contributed by atoms with Gasteiger partial charge in [0.05, 0.1) is 19.6 Å². The number of rotatable bonds is 4. The van der Waals surface area contributed by atoms with Crippen LogP contribution in [-0.2, 0) is 6.42 Å². The van der Waals surface area contributed by atoms with E-state index in [2.05, 4.69) is 0 Å². The Hall–Kier alpha value is -3.15. The quantitative estimate of drug-likeness (QED) is 0.545. The van der Waals surface area contributed by atoms with Crippen LogP contribution in [0.4, 0.5) is 0 Å². The molecule has 0 fully saturated rings. The van der Waals surface area contributed by atoms with Crippen molar-refractivity contribution in [3.05, 3.63) is 45.6 Å². The molecule has 3 aromatic rings. The first-order valence-electron chi connectivity index (χ1n) is 8.08. The first-order valence-corrected chi connectivity index (χ1v) is 8.08. The molecule has 0 aliphatic carbocycles. The molecule has 3 rings (SSSR count). The molecule has 6 nitrogen and oxygen atoms in total. The number of ether oxygens (including phenoxy) is 2. The summed E-state index contributed by atoms with van der Waals surface area (Å²) in [6.45, 7) is 3.88. The molecule has 2 aromatic carbocycles. The summed E-state index contributed by atoms with van der Waals surface area (Å²) in [5.74, 6) is -0.139. The van der Waals surface area contributed by atoms with Gasteiger partial charge in [-0.15, -0.1) is 0 Å². The molecule has 136 valence electrons. The molecule has 0 aliphatic rings. The average molecular weight is 356 g/mol. The van der Waals surface area contributed by atoms with E-state index in [0.29, 0.717) is 12.0 Å². The standard InChI is InChI=1S/C20H20O6/c1-10(2)8-9-11-14-16(22)15-12(21)6-5-7-13(15)26-19(14)17(23)20(25-4)18(11)24-3/h5-8,21,23H,9H2,1-4H3. The number of aromatic hydroxyl groups is 2. The largest absolute Gasteiger partial charge is 0.507 e. The predicted octanol–water partition coefficient (Wildman–Crippen LogP) is 3.88. The third kappa shape index (κ3) is 2.63. The topological polar surface area (TPSA) is 89.1 Å². The van der Waals surface area contributed by atoms with Gasteiger partial charge in [-0.25, -0.2) is 0 Å². The van der Waals surface area contributed by atoms with Crippen LogP contribution >= 0.6 is 0 Å². The van der Waals surface area contributed by atoms with Gasteiger partial charge in [-0.1, -0.05) is 17.7 Å². The predicted molar refractivity (Wildman–Crippen MR) is 99.6 cm³/mol. The minimum atomic E-state index is -0.437. The van der Waals surface area contributed by atoms with Crippen molar-refractivity contribution in [2.75, 3.05) is 14.2 Å². The van der Waals surface area contributed by atoms with Crippen LogP contribution in [0.3, 0.4) is 0 Å². The second-order valence-electron chi connectivity index (χ2n) is 6.16. The molecule has 2 N–H and O–H groups in total. The molecule has 6 heteroatoms. The molecule has 1 heterocycles. The number of fused-ring (bicyclic) bond motifs is 2. The number of hydrogen-bond donors (Lipinski definition) is 2. The van der Waals surface area contributed by atoms with Crippen molar-refractivity contribution in [3.63, 3.8) is 0 Å². The highest BCUT2D eigenvalue weighted by Crippen LogP contribution is 2.46. The van der Waals surface area contributed by atoms with Crippen molar-refractivity contribution in [2.24, 2.45) is 0 Å². The molecule has 0 amide bonds. The zero-order valence-corrected chi connectivity index (χ0v) is 15.0. The lowest BCUT2D eigenvalue weighted by molar-refractivity contribution is 0.331. The van der Waals surface area contributed by atoms with Crippen molar-refractivity contribution in [1.29, 1.82) is 0 Å². The highest BCUT2D eigenvalue weighted by molar-refractivity contribution is 5.99. The fraction of sp³-hybridized carbons (Fsp3) is 0.250. The van der Waals surface area contributed by atoms with Crippen molar-refractivity contribution in [1.82, 2.24) is 0 Å². The Morgan fingerprint density at radius 2 is 1.81 bits per heavy atom. The Labute approximate surface area is 149 Å². The first kappa shape index (κ1) is 17.7. The zero-order chi connectivity index (χ0) is 19.0. The van der Waals surface area contributed by atoms with Gasteiger partial charge in [-0.3, -0.25) is 4.79 Å². The molecule has 0 atom stereocenters. The van der Waals surface area contributed by atoms with E-state index < -0.39 is 5.43 Å². The summed E-state index contributed by atoms with van der Waals surface area (Å²) < 4.78 is 16.5. The number of phenols is 2. The smallest absolute Gasteiger partial charge is 0.207 e. The maximum Gasteiger partial charge on any atom is 0.207 e. The fourth-order valence-corrected chi connectivity index (χ4v) is 3.03. The Bertz CT molecular complexity index is 1090. The molecule has 0 saturated heterocycles. The molecule has 0 spiro atoms. The van der Waals surface area contributed by atoms with Gasteiger partial charge in [0.1, 0.15) is 16.7 Å². The van der Waals surface area contributed by atoms with Crippen LogP contribution in [0.25, 0.3) is 21.9 Å². The second-order valence-corrected chi connectivity index (χ2v) is 6.16. The Balaban J connectivity index is 2.59. The number of allylic oxidation sites excluding steroid dienone is 2. The monoisotopic (exact) mass is 356 g/mol. The maximum atomic E-state index is 13.1. The Morgan fingerprint density at radius 3 is 2.42 bits per heavy atom. The normalized spacial score (nSPS) is 10.9. The molecule has 0 aliphatic heterocycles. The summed E-state index contributed by atoms with van der Waals surface area (Å²) in [7, 11) is 2.84. The van der Waals surface area contributed by atoms with Crippen molar-refractivity contribution >= 4 is 21.9 Å². The van der Waals surface area contributed by atoms with Crippen molar-refractivity contribution in [2.45, 2.75) is 20.3 Å². The molecule has 1 aromatic heterocycles. The minimum Gasteiger partial charge on any atom is -0.507 e. The number of phenolic OH excluding ortho intramolecular Hbond substituents is 2. The van der Waals surface area contributed by atoms with Crippen molar-refractivity contribution < 1.29 is 24.1 Å². The van der Waals surface area contributed by atoms with Gasteiger partial charge in [-0.2, -0.15) is 0 Å². The van der Waals surface area contributed by atoms with Gasteiger partial charge in [0.25, 0.3) is 0 Å². The molecule has 0 unspecified atom stereocenters. The zero-order valence-electron chi connectivity index (χ0n) is 15.0. The summed E-state index contributed by atoms with van der Waals surface area (Å²) in [5.41, 5.74) is 1.33.